The van der Waals surface area contributed by atoms with Gasteiger partial charge in [-0.3, -0.25) is 5.01 Å². The molecule has 1 aliphatic heterocycles. The Bertz CT molecular complexity index is 1810. The minimum absolute atomic E-state index is 0.392. The molecule has 12 heteroatoms. The zero-order chi connectivity index (χ0) is 27.1. The second-order valence-electron chi connectivity index (χ2n) is 8.62. The summed E-state index contributed by atoms with van der Waals surface area (Å²) in [6.07, 6.45) is 0. The monoisotopic (exact) mass is 504 g/mol. The van der Waals surface area contributed by atoms with Crippen molar-refractivity contribution >= 4 is 39.1 Å². The van der Waals surface area contributed by atoms with Gasteiger partial charge in [0.2, 0.25) is 5.82 Å². The first kappa shape index (κ1) is 24.1. The van der Waals surface area contributed by atoms with Gasteiger partial charge in [0.25, 0.3) is 0 Å². The van der Waals surface area contributed by atoms with Gasteiger partial charge in [0.15, 0.2) is 5.69 Å². The number of hydrazone groups is 1. The standard InChI is InChI=1S/C26H20N10O2/c1-15-29-33(3)25(37)35(31-15)21-9-17-5-7-19-11-22(36-26(38)34(4)30-16(2)32-36)12-20(24(19)14-28)8-6-18(10-21)23(17)13-27/h5-12H,1-4H3. The Balaban J connectivity index is 1.82. The van der Waals surface area contributed by atoms with E-state index in [4.69, 9.17) is 0 Å². The van der Waals surface area contributed by atoms with E-state index in [1.807, 2.05) is 0 Å². The van der Waals surface area contributed by atoms with Gasteiger partial charge in [0.05, 0.1) is 16.8 Å². The first-order chi connectivity index (χ1) is 18.2. The fourth-order valence-electron chi connectivity index (χ4n) is 4.28. The van der Waals surface area contributed by atoms with Crippen molar-refractivity contribution in [2.75, 3.05) is 12.1 Å². The lowest BCUT2D eigenvalue weighted by atomic mass is 10.0. The molecule has 2 amide bonds. The van der Waals surface area contributed by atoms with Crippen LogP contribution in [0.15, 0.2) is 58.4 Å². The molecule has 0 atom stereocenters. The zero-order valence-corrected chi connectivity index (χ0v) is 20.9. The van der Waals surface area contributed by atoms with Crippen LogP contribution in [0.1, 0.15) is 23.9 Å². The van der Waals surface area contributed by atoms with E-state index in [9.17, 15) is 20.1 Å². The number of hydrogen-bond acceptors (Lipinski definition) is 7. The van der Waals surface area contributed by atoms with Crippen LogP contribution in [0.2, 0.25) is 0 Å². The van der Waals surface area contributed by atoms with Gasteiger partial charge in [-0.2, -0.15) is 15.3 Å². The summed E-state index contributed by atoms with van der Waals surface area (Å²) in [5, 5.41) is 36.8. The number of urea groups is 1. The fraction of sp³-hybridized carbons (Fsp3) is 0.154. The van der Waals surface area contributed by atoms with Crippen LogP contribution in [0.3, 0.4) is 0 Å². The summed E-state index contributed by atoms with van der Waals surface area (Å²) < 4.78 is 2.42. The highest BCUT2D eigenvalue weighted by atomic mass is 16.2. The molecular weight excluding hydrogens is 484 g/mol. The molecule has 5 rings (SSSR count). The van der Waals surface area contributed by atoms with Crippen LogP contribution in [0, 0.1) is 29.6 Å². The van der Waals surface area contributed by atoms with Crippen molar-refractivity contribution in [1.82, 2.24) is 19.9 Å². The number of aryl methyl sites for hydroxylation is 2. The molecule has 0 unspecified atom stereocenters. The molecule has 4 aromatic rings. The van der Waals surface area contributed by atoms with E-state index >= 15 is 0 Å². The lowest BCUT2D eigenvalue weighted by Crippen LogP contribution is -2.55. The van der Waals surface area contributed by atoms with E-state index in [0.29, 0.717) is 55.7 Å². The highest BCUT2D eigenvalue weighted by Crippen LogP contribution is 2.30. The second-order valence-corrected chi connectivity index (χ2v) is 8.62. The van der Waals surface area contributed by atoms with Crippen molar-refractivity contribution in [1.29, 1.82) is 10.5 Å². The number of carbonyl (C=O) groups excluding carboxylic acids is 1. The summed E-state index contributed by atoms with van der Waals surface area (Å²) in [6, 6.07) is 17.5. The smallest absolute Gasteiger partial charge is 0.374 e. The second kappa shape index (κ2) is 9.11. The Kier molecular flexibility index (Phi) is 5.78. The van der Waals surface area contributed by atoms with Crippen molar-refractivity contribution in [2.45, 2.75) is 13.8 Å². The molecule has 2 heterocycles. The van der Waals surface area contributed by atoms with E-state index in [1.165, 1.54) is 33.5 Å². The molecular formula is C26H20N10O2. The van der Waals surface area contributed by atoms with E-state index < -0.39 is 11.7 Å². The summed E-state index contributed by atoms with van der Waals surface area (Å²) >= 11 is 0. The van der Waals surface area contributed by atoms with E-state index in [-0.39, 0.29) is 0 Å². The van der Waals surface area contributed by atoms with Crippen molar-refractivity contribution in [3.63, 3.8) is 0 Å². The van der Waals surface area contributed by atoms with Crippen LogP contribution in [-0.4, -0.2) is 38.8 Å². The van der Waals surface area contributed by atoms with Crippen molar-refractivity contribution in [2.24, 2.45) is 12.1 Å². The normalized spacial score (nSPS) is 13.1. The summed E-state index contributed by atoms with van der Waals surface area (Å²) in [6.45, 7) is 3.36. The lowest BCUT2D eigenvalue weighted by Gasteiger charge is -2.39. The summed E-state index contributed by atoms with van der Waals surface area (Å²) in [4.78, 5) is 25.5. The van der Waals surface area contributed by atoms with E-state index in [1.54, 1.807) is 62.4 Å². The van der Waals surface area contributed by atoms with Crippen molar-refractivity contribution < 1.29 is 9.48 Å². The quantitative estimate of drug-likeness (QED) is 0.383. The third-order valence-electron chi connectivity index (χ3n) is 5.96. The number of benzene rings is 2. The molecule has 0 spiro atoms. The van der Waals surface area contributed by atoms with Crippen molar-refractivity contribution in [3.8, 4) is 17.8 Å². The maximum absolute atomic E-state index is 12.8. The Labute approximate surface area is 216 Å². The fourth-order valence-corrected chi connectivity index (χ4v) is 4.28. The van der Waals surface area contributed by atoms with Gasteiger partial charge in [0, 0.05) is 14.0 Å². The maximum Gasteiger partial charge on any atom is 0.544 e. The number of hydrogen-bond donors (Lipinski definition) is 0. The largest absolute Gasteiger partial charge is 0.544 e. The van der Waals surface area contributed by atoms with Crippen LogP contribution in [-0.2, 0) is 7.05 Å². The molecule has 0 aliphatic carbocycles. The van der Waals surface area contributed by atoms with Gasteiger partial charge in [-0.1, -0.05) is 49.7 Å². The molecule has 4 bridgehead atoms. The highest BCUT2D eigenvalue weighted by molar-refractivity contribution is 6.09. The molecule has 186 valence electrons. The van der Waals surface area contributed by atoms with E-state index in [0.717, 1.165) is 0 Å². The first-order valence-electron chi connectivity index (χ1n) is 11.4. The topological polar surface area (TPSA) is 149 Å². The van der Waals surface area contributed by atoms with Gasteiger partial charge >= 0.3 is 11.7 Å². The molecule has 1 aliphatic rings. The molecule has 0 fully saturated rings. The number of rotatable bonds is 2. The van der Waals surface area contributed by atoms with Crippen LogP contribution in [0.25, 0.3) is 32.7 Å². The third kappa shape index (κ3) is 4.06. The molecule has 1 aromatic heterocycles. The Morgan fingerprint density at radius 1 is 0.868 bits per heavy atom. The SMILES string of the molecule is CC1=NN(C)C(=O)N(c2cc3ccc4cc(-n5nc(C)n[n+](C)c5=O)cc(ccc(c2)c3C#N)c4C#N)[N-]1. The average Bonchev–Trinajstić information content (AvgIpc) is 2.89. The minimum Gasteiger partial charge on any atom is -0.374 e. The molecule has 12 nitrogen and oxygen atoms in total. The Morgan fingerprint density at radius 3 is 1.87 bits per heavy atom. The minimum atomic E-state index is -0.447. The van der Waals surface area contributed by atoms with Crippen molar-refractivity contribution in [3.05, 3.63) is 81.4 Å². The number of carbonyl (C=O) groups is 1. The number of amidine groups is 1. The van der Waals surface area contributed by atoms with Gasteiger partial charge in [-0.05, 0) is 52.7 Å². The van der Waals surface area contributed by atoms with Crippen LogP contribution in [0.5, 0.6) is 0 Å². The van der Waals surface area contributed by atoms with Gasteiger partial charge in [-0.15, -0.1) is 0 Å². The average molecular weight is 505 g/mol. The number of nitriles is 2. The van der Waals surface area contributed by atoms with Crippen LogP contribution >= 0.6 is 0 Å². The zero-order valence-electron chi connectivity index (χ0n) is 20.9. The predicted octanol–water partition coefficient (Wildman–Crippen LogP) is 2.87. The number of aromatic nitrogens is 4. The molecule has 0 saturated heterocycles. The summed E-state index contributed by atoms with van der Waals surface area (Å²) in [7, 11) is 3.07. The molecule has 0 radical (unpaired) electrons. The maximum atomic E-state index is 12.8. The highest BCUT2D eigenvalue weighted by Gasteiger charge is 2.20. The van der Waals surface area contributed by atoms with Gasteiger partial charge < -0.3 is 15.5 Å². The Hall–Kier alpha value is -5.62. The van der Waals surface area contributed by atoms with Gasteiger partial charge in [0.1, 0.15) is 19.2 Å². The lowest BCUT2D eigenvalue weighted by molar-refractivity contribution is -0.750. The third-order valence-corrected chi connectivity index (χ3v) is 5.96. The molecule has 0 saturated carbocycles. The first-order valence-corrected chi connectivity index (χ1v) is 11.4. The number of anilines is 1. The number of amides is 2. The predicted molar refractivity (Wildman–Crippen MR) is 139 cm³/mol. The van der Waals surface area contributed by atoms with Crippen LogP contribution in [0.4, 0.5) is 10.5 Å². The van der Waals surface area contributed by atoms with E-state index in [2.05, 4.69) is 32.9 Å². The molecule has 0 N–H and O–H groups in total. The summed E-state index contributed by atoms with van der Waals surface area (Å²) in [5.41, 5.74) is 5.51. The number of nitrogens with zero attached hydrogens (tertiary/aromatic N) is 10. The molecule has 38 heavy (non-hydrogen) atoms. The Morgan fingerprint density at radius 2 is 1.37 bits per heavy atom. The number of fused-ring (bicyclic) bond motifs is 4. The van der Waals surface area contributed by atoms with Gasteiger partial charge in [-0.25, -0.2) is 4.79 Å². The van der Waals surface area contributed by atoms with Crippen LogP contribution < -0.4 is 15.4 Å². The summed E-state index contributed by atoms with van der Waals surface area (Å²) in [5.74, 6) is 0.799. The molecule has 3 aromatic carbocycles.